The van der Waals surface area contributed by atoms with Crippen molar-refractivity contribution >= 4 is 35.1 Å². The molecule has 132 valence electrons. The number of hydrogen-bond donors (Lipinski definition) is 1. The molecule has 1 aromatic carbocycles. The van der Waals surface area contributed by atoms with Gasteiger partial charge in [-0.2, -0.15) is 0 Å². The van der Waals surface area contributed by atoms with Crippen LogP contribution in [0.1, 0.15) is 12.6 Å². The monoisotopic (exact) mass is 377 g/mol. The fourth-order valence-corrected chi connectivity index (χ4v) is 4.50. The Morgan fingerprint density at radius 2 is 2.24 bits per heavy atom. The molecule has 1 unspecified atom stereocenters. The molecular formula is C17H19N3O3S2. The summed E-state index contributed by atoms with van der Waals surface area (Å²) in [5, 5.41) is 3.75. The Hall–Kier alpha value is -1.93. The zero-order chi connectivity index (χ0) is 18.0. The molecule has 1 amide bonds. The number of methoxy groups -OCH3 is 1. The molecule has 1 aromatic heterocycles. The van der Waals surface area contributed by atoms with Crippen molar-refractivity contribution in [1.82, 2.24) is 9.55 Å². The summed E-state index contributed by atoms with van der Waals surface area (Å²) in [6, 6.07) is 7.24. The van der Waals surface area contributed by atoms with Crippen LogP contribution in [0.3, 0.4) is 0 Å². The van der Waals surface area contributed by atoms with Crippen molar-refractivity contribution in [2.45, 2.75) is 28.6 Å². The molecule has 0 bridgehead atoms. The molecule has 3 rings (SSSR count). The molecule has 2 heterocycles. The lowest BCUT2D eigenvalue weighted by Gasteiger charge is -2.11. The number of nitrogens with one attached hydrogen (secondary N) is 1. The molecule has 1 aliphatic rings. The highest BCUT2D eigenvalue weighted by Crippen LogP contribution is 2.34. The fourth-order valence-electron chi connectivity index (χ4n) is 2.57. The van der Waals surface area contributed by atoms with Crippen LogP contribution in [0.25, 0.3) is 0 Å². The first-order valence-electron chi connectivity index (χ1n) is 7.81. The summed E-state index contributed by atoms with van der Waals surface area (Å²) in [5.41, 5.74) is 1.43. The molecule has 1 aliphatic heterocycles. The summed E-state index contributed by atoms with van der Waals surface area (Å²) >= 11 is 2.83. The number of para-hydroxylation sites is 2. The van der Waals surface area contributed by atoms with E-state index in [0.717, 1.165) is 17.0 Å². The molecule has 0 spiro atoms. The lowest BCUT2D eigenvalue weighted by molar-refractivity contribution is -0.113. The summed E-state index contributed by atoms with van der Waals surface area (Å²) in [6.45, 7) is 2.08. The second kappa shape index (κ2) is 7.53. The molecule has 8 heteroatoms. The van der Waals surface area contributed by atoms with Crippen LogP contribution in [0.15, 0.2) is 39.1 Å². The van der Waals surface area contributed by atoms with E-state index in [1.54, 1.807) is 38.1 Å². The van der Waals surface area contributed by atoms with Gasteiger partial charge in [0.05, 0.1) is 29.1 Å². The van der Waals surface area contributed by atoms with E-state index in [2.05, 4.69) is 17.2 Å². The number of anilines is 1. The number of aromatic nitrogens is 2. The largest absolute Gasteiger partial charge is 0.495 e. The minimum absolute atomic E-state index is 0.0352. The van der Waals surface area contributed by atoms with E-state index in [-0.39, 0.29) is 17.2 Å². The molecule has 0 aliphatic carbocycles. The van der Waals surface area contributed by atoms with Gasteiger partial charge in [-0.1, -0.05) is 30.8 Å². The lowest BCUT2D eigenvalue weighted by atomic mass is 10.2. The van der Waals surface area contributed by atoms with Gasteiger partial charge >= 0.3 is 0 Å². The molecule has 25 heavy (non-hydrogen) atoms. The molecule has 2 aromatic rings. The second-order valence-electron chi connectivity index (χ2n) is 5.70. The number of rotatable bonds is 5. The highest BCUT2D eigenvalue weighted by atomic mass is 32.2. The number of carbonyl (C=O) groups is 1. The van der Waals surface area contributed by atoms with Crippen molar-refractivity contribution in [2.24, 2.45) is 7.05 Å². The van der Waals surface area contributed by atoms with Crippen molar-refractivity contribution < 1.29 is 9.53 Å². The molecule has 0 saturated heterocycles. The van der Waals surface area contributed by atoms with Crippen LogP contribution in [0.4, 0.5) is 5.69 Å². The van der Waals surface area contributed by atoms with Gasteiger partial charge in [0.25, 0.3) is 5.56 Å². The Morgan fingerprint density at radius 1 is 1.48 bits per heavy atom. The second-order valence-corrected chi connectivity index (χ2v) is 8.10. The van der Waals surface area contributed by atoms with Crippen LogP contribution in [-0.4, -0.2) is 33.6 Å². The summed E-state index contributed by atoms with van der Waals surface area (Å²) in [4.78, 5) is 30.0. The van der Waals surface area contributed by atoms with Crippen LogP contribution in [-0.2, 0) is 18.3 Å². The van der Waals surface area contributed by atoms with Crippen LogP contribution in [0, 0.1) is 0 Å². The van der Waals surface area contributed by atoms with Gasteiger partial charge in [-0.3, -0.25) is 14.2 Å². The Kier molecular flexibility index (Phi) is 5.39. The smallest absolute Gasteiger partial charge is 0.267 e. The minimum Gasteiger partial charge on any atom is -0.495 e. The van der Waals surface area contributed by atoms with Gasteiger partial charge in [-0.15, -0.1) is 11.8 Å². The lowest BCUT2D eigenvalue weighted by Crippen LogP contribution is -2.23. The van der Waals surface area contributed by atoms with E-state index >= 15 is 0 Å². The number of carbonyl (C=O) groups excluding carboxylic acids is 1. The molecule has 0 saturated carbocycles. The van der Waals surface area contributed by atoms with E-state index in [1.165, 1.54) is 16.3 Å². The maximum Gasteiger partial charge on any atom is 0.267 e. The van der Waals surface area contributed by atoms with Crippen LogP contribution in [0.2, 0.25) is 0 Å². The zero-order valence-electron chi connectivity index (χ0n) is 14.2. The van der Waals surface area contributed by atoms with E-state index in [1.807, 2.05) is 12.1 Å². The standard InChI is InChI=1S/C17H19N3O3S2/c1-10-8-12-15(25-10)16(22)20(2)17(19-12)24-9-14(21)18-11-6-4-5-7-13(11)23-3/h4-7,10H,8-9H2,1-3H3,(H,18,21). The van der Waals surface area contributed by atoms with Crippen LogP contribution < -0.4 is 15.6 Å². The number of thioether (sulfide) groups is 2. The first kappa shape index (κ1) is 17.9. The van der Waals surface area contributed by atoms with E-state index in [0.29, 0.717) is 21.8 Å². The highest BCUT2D eigenvalue weighted by Gasteiger charge is 2.25. The fraction of sp³-hybridized carbons (Fsp3) is 0.353. The number of fused-ring (bicyclic) bond motifs is 1. The third-order valence-corrected chi connectivity index (χ3v) is 6.04. The van der Waals surface area contributed by atoms with Gasteiger partial charge in [0, 0.05) is 18.7 Å². The van der Waals surface area contributed by atoms with Gasteiger partial charge in [-0.25, -0.2) is 4.98 Å². The molecule has 1 N–H and O–H groups in total. The van der Waals surface area contributed by atoms with Gasteiger partial charge in [-0.05, 0) is 12.1 Å². The van der Waals surface area contributed by atoms with Crippen molar-refractivity contribution in [1.29, 1.82) is 0 Å². The van der Waals surface area contributed by atoms with Crippen molar-refractivity contribution in [2.75, 3.05) is 18.2 Å². The Morgan fingerprint density at radius 3 is 3.00 bits per heavy atom. The van der Waals surface area contributed by atoms with Crippen molar-refractivity contribution in [3.8, 4) is 5.75 Å². The maximum atomic E-state index is 12.4. The maximum absolute atomic E-state index is 12.4. The van der Waals surface area contributed by atoms with Crippen molar-refractivity contribution in [3.63, 3.8) is 0 Å². The first-order valence-corrected chi connectivity index (χ1v) is 9.68. The third-order valence-electron chi connectivity index (χ3n) is 3.79. The molecule has 6 nitrogen and oxygen atoms in total. The number of amides is 1. The average Bonchev–Trinajstić information content (AvgIpc) is 2.98. The van der Waals surface area contributed by atoms with Crippen LogP contribution in [0.5, 0.6) is 5.75 Å². The molecular weight excluding hydrogens is 358 g/mol. The van der Waals surface area contributed by atoms with Gasteiger partial charge in [0.15, 0.2) is 5.16 Å². The Labute approximate surface area is 154 Å². The minimum atomic E-state index is -0.174. The third kappa shape index (κ3) is 3.85. The average molecular weight is 377 g/mol. The quantitative estimate of drug-likeness (QED) is 0.638. The number of hydrogen-bond acceptors (Lipinski definition) is 6. The SMILES string of the molecule is COc1ccccc1NC(=O)CSc1nc2c(c(=O)n1C)SC(C)C2. The van der Waals surface area contributed by atoms with Gasteiger partial charge < -0.3 is 10.1 Å². The summed E-state index contributed by atoms with van der Waals surface area (Å²) in [7, 11) is 3.25. The van der Waals surface area contributed by atoms with E-state index < -0.39 is 0 Å². The first-order chi connectivity index (χ1) is 12.0. The normalized spacial score (nSPS) is 15.7. The number of nitrogens with zero attached hydrogens (tertiary/aromatic N) is 2. The topological polar surface area (TPSA) is 73.2 Å². The van der Waals surface area contributed by atoms with E-state index in [9.17, 15) is 9.59 Å². The van der Waals surface area contributed by atoms with Gasteiger partial charge in [0.2, 0.25) is 5.91 Å². The Balaban J connectivity index is 1.70. The number of ether oxygens (including phenoxy) is 1. The molecule has 0 radical (unpaired) electrons. The van der Waals surface area contributed by atoms with Gasteiger partial charge in [0.1, 0.15) is 5.75 Å². The predicted octanol–water partition coefficient (Wildman–Crippen LogP) is 2.56. The summed E-state index contributed by atoms with van der Waals surface area (Å²) < 4.78 is 6.74. The van der Waals surface area contributed by atoms with E-state index in [4.69, 9.17) is 4.74 Å². The Bertz CT molecular complexity index is 867. The zero-order valence-corrected chi connectivity index (χ0v) is 15.9. The highest BCUT2D eigenvalue weighted by molar-refractivity contribution is 8.00. The summed E-state index contributed by atoms with van der Waals surface area (Å²) in [5.74, 6) is 0.599. The van der Waals surface area contributed by atoms with Crippen molar-refractivity contribution in [3.05, 3.63) is 40.3 Å². The molecule has 1 atom stereocenters. The predicted molar refractivity (Wildman–Crippen MR) is 101 cm³/mol. The summed E-state index contributed by atoms with van der Waals surface area (Å²) in [6.07, 6.45) is 0.789. The van der Waals surface area contributed by atoms with Crippen LogP contribution >= 0.6 is 23.5 Å². The number of benzene rings is 1. The molecule has 0 fully saturated rings.